The standard InChI is InChI=1S/C13H21ClN4S/c14-12-11(9-17-6-3-10(7-15)8-17)19-13(16-12)18-4-1-2-5-18/h10H,1-9,15H2/t10-/m0/s1. The second kappa shape index (κ2) is 5.95. The SMILES string of the molecule is NC[C@@H]1CCN(Cc2sc(N3CCCC3)nc2Cl)C1. The van der Waals surface area contributed by atoms with Crippen molar-refractivity contribution in [2.24, 2.45) is 11.7 Å². The monoisotopic (exact) mass is 300 g/mol. The third-order valence-corrected chi connectivity index (χ3v) is 5.61. The van der Waals surface area contributed by atoms with Gasteiger partial charge in [0.15, 0.2) is 5.13 Å². The minimum Gasteiger partial charge on any atom is -0.348 e. The molecule has 0 bridgehead atoms. The molecule has 1 aromatic rings. The van der Waals surface area contributed by atoms with E-state index < -0.39 is 0 Å². The largest absolute Gasteiger partial charge is 0.348 e. The lowest BCUT2D eigenvalue weighted by atomic mass is 10.1. The van der Waals surface area contributed by atoms with Crippen LogP contribution in [0.15, 0.2) is 0 Å². The van der Waals surface area contributed by atoms with Crippen LogP contribution in [-0.4, -0.2) is 42.6 Å². The summed E-state index contributed by atoms with van der Waals surface area (Å²) in [6.45, 7) is 6.22. The lowest BCUT2D eigenvalue weighted by molar-refractivity contribution is 0.320. The number of hydrogen-bond acceptors (Lipinski definition) is 5. The van der Waals surface area contributed by atoms with Gasteiger partial charge in [0.25, 0.3) is 0 Å². The molecular weight excluding hydrogens is 280 g/mol. The maximum Gasteiger partial charge on any atom is 0.187 e. The second-order valence-corrected chi connectivity index (χ2v) is 6.95. The first-order valence-electron chi connectivity index (χ1n) is 7.09. The van der Waals surface area contributed by atoms with Crippen molar-refractivity contribution < 1.29 is 0 Å². The molecule has 2 saturated heterocycles. The number of nitrogens with two attached hydrogens (primary N) is 1. The van der Waals surface area contributed by atoms with E-state index in [0.29, 0.717) is 11.1 Å². The fraction of sp³-hybridized carbons (Fsp3) is 0.769. The molecule has 1 aromatic heterocycles. The van der Waals surface area contributed by atoms with E-state index >= 15 is 0 Å². The van der Waals surface area contributed by atoms with Gasteiger partial charge in [0, 0.05) is 26.2 Å². The minimum absolute atomic E-state index is 0.657. The average Bonchev–Trinajstić information content (AvgIpc) is 3.12. The average molecular weight is 301 g/mol. The zero-order valence-corrected chi connectivity index (χ0v) is 12.7. The summed E-state index contributed by atoms with van der Waals surface area (Å²) >= 11 is 8.06. The molecule has 0 saturated carbocycles. The first kappa shape index (κ1) is 13.6. The number of likely N-dealkylation sites (tertiary alicyclic amines) is 1. The Labute approximate surface area is 123 Å². The quantitative estimate of drug-likeness (QED) is 0.926. The Kier molecular flexibility index (Phi) is 4.27. The molecule has 1 atom stereocenters. The number of nitrogens with zero attached hydrogens (tertiary/aromatic N) is 3. The maximum atomic E-state index is 6.29. The smallest absolute Gasteiger partial charge is 0.187 e. The highest BCUT2D eigenvalue weighted by Gasteiger charge is 2.24. The van der Waals surface area contributed by atoms with Crippen molar-refractivity contribution in [2.75, 3.05) is 37.6 Å². The van der Waals surface area contributed by atoms with Crippen molar-refractivity contribution in [1.29, 1.82) is 0 Å². The van der Waals surface area contributed by atoms with Gasteiger partial charge >= 0.3 is 0 Å². The lowest BCUT2D eigenvalue weighted by Crippen LogP contribution is -2.22. The third-order valence-electron chi connectivity index (χ3n) is 4.09. The van der Waals surface area contributed by atoms with Crippen molar-refractivity contribution in [1.82, 2.24) is 9.88 Å². The molecule has 4 nitrogen and oxygen atoms in total. The van der Waals surface area contributed by atoms with Gasteiger partial charge in [0.05, 0.1) is 4.88 Å². The lowest BCUT2D eigenvalue weighted by Gasteiger charge is -2.14. The Balaban J connectivity index is 1.64. The summed E-state index contributed by atoms with van der Waals surface area (Å²) in [7, 11) is 0. The Morgan fingerprint density at radius 2 is 2.11 bits per heavy atom. The molecule has 0 unspecified atom stereocenters. The maximum absolute atomic E-state index is 6.29. The number of thiazole rings is 1. The van der Waals surface area contributed by atoms with Gasteiger partial charge in [-0.1, -0.05) is 22.9 Å². The second-order valence-electron chi connectivity index (χ2n) is 5.53. The number of rotatable bonds is 4. The van der Waals surface area contributed by atoms with Crippen LogP contribution in [0.25, 0.3) is 0 Å². The Hall–Kier alpha value is -0.360. The number of hydrogen-bond donors (Lipinski definition) is 1. The highest BCUT2D eigenvalue weighted by molar-refractivity contribution is 7.16. The molecule has 0 amide bonds. The van der Waals surface area contributed by atoms with Crippen LogP contribution in [0.3, 0.4) is 0 Å². The fourth-order valence-corrected chi connectivity index (χ4v) is 4.27. The van der Waals surface area contributed by atoms with Gasteiger partial charge in [-0.15, -0.1) is 0 Å². The zero-order chi connectivity index (χ0) is 13.2. The van der Waals surface area contributed by atoms with Crippen LogP contribution in [0.4, 0.5) is 5.13 Å². The van der Waals surface area contributed by atoms with Gasteiger partial charge in [-0.2, -0.15) is 0 Å². The van der Waals surface area contributed by atoms with Crippen LogP contribution >= 0.6 is 22.9 Å². The van der Waals surface area contributed by atoms with Crippen LogP contribution in [0.2, 0.25) is 5.15 Å². The molecule has 3 rings (SSSR count). The summed E-state index contributed by atoms with van der Waals surface area (Å²) in [6.07, 6.45) is 3.76. The fourth-order valence-electron chi connectivity index (χ4n) is 2.91. The molecule has 6 heteroatoms. The van der Waals surface area contributed by atoms with Crippen molar-refractivity contribution in [3.05, 3.63) is 10.0 Å². The summed E-state index contributed by atoms with van der Waals surface area (Å²) in [5.41, 5.74) is 5.74. The predicted molar refractivity (Wildman–Crippen MR) is 81.0 cm³/mol. The molecule has 2 aliphatic heterocycles. The normalized spacial score (nSPS) is 24.5. The molecule has 2 aliphatic rings. The molecule has 19 heavy (non-hydrogen) atoms. The number of halogens is 1. The molecular formula is C13H21ClN4S. The van der Waals surface area contributed by atoms with Crippen molar-refractivity contribution in [3.63, 3.8) is 0 Å². The van der Waals surface area contributed by atoms with E-state index in [1.165, 1.54) is 24.1 Å². The molecule has 2 N–H and O–H groups in total. The highest BCUT2D eigenvalue weighted by Crippen LogP contribution is 2.33. The molecule has 0 aliphatic carbocycles. The predicted octanol–water partition coefficient (Wildman–Crippen LogP) is 2.18. The highest BCUT2D eigenvalue weighted by atomic mass is 35.5. The molecule has 2 fully saturated rings. The molecule has 0 spiro atoms. The minimum atomic E-state index is 0.657. The summed E-state index contributed by atoms with van der Waals surface area (Å²) in [5, 5.41) is 1.80. The van der Waals surface area contributed by atoms with E-state index in [2.05, 4.69) is 14.8 Å². The first-order valence-corrected chi connectivity index (χ1v) is 8.28. The van der Waals surface area contributed by atoms with E-state index in [0.717, 1.165) is 44.4 Å². The summed E-state index contributed by atoms with van der Waals surface area (Å²) in [5.74, 6) is 0.657. The molecule has 0 radical (unpaired) electrons. The number of aromatic nitrogens is 1. The van der Waals surface area contributed by atoms with E-state index in [-0.39, 0.29) is 0 Å². The van der Waals surface area contributed by atoms with Crippen LogP contribution in [0.1, 0.15) is 24.1 Å². The first-order chi connectivity index (χ1) is 9.26. The Bertz CT molecular complexity index is 430. The van der Waals surface area contributed by atoms with Crippen molar-refractivity contribution >= 4 is 28.1 Å². The van der Waals surface area contributed by atoms with Gasteiger partial charge in [-0.25, -0.2) is 4.98 Å². The van der Waals surface area contributed by atoms with E-state index in [1.54, 1.807) is 11.3 Å². The summed E-state index contributed by atoms with van der Waals surface area (Å²) in [4.78, 5) is 10.5. The Morgan fingerprint density at radius 3 is 2.79 bits per heavy atom. The molecule has 3 heterocycles. The summed E-state index contributed by atoms with van der Waals surface area (Å²) in [6, 6.07) is 0. The van der Waals surface area contributed by atoms with Gasteiger partial charge in [-0.05, 0) is 38.3 Å². The van der Waals surface area contributed by atoms with Crippen LogP contribution in [0, 0.1) is 5.92 Å². The van der Waals surface area contributed by atoms with E-state index in [4.69, 9.17) is 17.3 Å². The van der Waals surface area contributed by atoms with E-state index in [1.807, 2.05) is 0 Å². The topological polar surface area (TPSA) is 45.4 Å². The molecule has 106 valence electrons. The third kappa shape index (κ3) is 3.05. The van der Waals surface area contributed by atoms with Crippen LogP contribution < -0.4 is 10.6 Å². The molecule has 0 aromatic carbocycles. The van der Waals surface area contributed by atoms with Gasteiger partial charge in [-0.3, -0.25) is 4.90 Å². The van der Waals surface area contributed by atoms with Gasteiger partial charge < -0.3 is 10.6 Å². The van der Waals surface area contributed by atoms with Gasteiger partial charge in [0.2, 0.25) is 0 Å². The Morgan fingerprint density at radius 1 is 1.32 bits per heavy atom. The van der Waals surface area contributed by atoms with Crippen molar-refractivity contribution in [3.8, 4) is 0 Å². The van der Waals surface area contributed by atoms with E-state index in [9.17, 15) is 0 Å². The summed E-state index contributed by atoms with van der Waals surface area (Å²) < 4.78 is 0. The van der Waals surface area contributed by atoms with Crippen molar-refractivity contribution in [2.45, 2.75) is 25.8 Å². The zero-order valence-electron chi connectivity index (χ0n) is 11.1. The van der Waals surface area contributed by atoms with Gasteiger partial charge in [0.1, 0.15) is 5.15 Å². The van der Waals surface area contributed by atoms with Crippen LogP contribution in [0.5, 0.6) is 0 Å². The van der Waals surface area contributed by atoms with Crippen LogP contribution in [-0.2, 0) is 6.54 Å². The number of anilines is 1.